The molecular weight excluding hydrogens is 410 g/mol. The van der Waals surface area contributed by atoms with Gasteiger partial charge in [0.1, 0.15) is 5.75 Å². The maximum atomic E-state index is 12.2. The number of para-hydroxylation sites is 1. The summed E-state index contributed by atoms with van der Waals surface area (Å²) in [6.07, 6.45) is 0.828. The smallest absolute Gasteiger partial charge is 0.257 e. The molecule has 1 aromatic heterocycles. The van der Waals surface area contributed by atoms with Gasteiger partial charge in [0.25, 0.3) is 5.91 Å². The molecule has 150 valence electrons. The van der Waals surface area contributed by atoms with Gasteiger partial charge in [-0.1, -0.05) is 29.8 Å². The summed E-state index contributed by atoms with van der Waals surface area (Å²) in [6, 6.07) is 14.3. The van der Waals surface area contributed by atoms with Crippen molar-refractivity contribution in [1.29, 1.82) is 0 Å². The lowest BCUT2D eigenvalue weighted by Gasteiger charge is -2.08. The molecule has 2 amide bonds. The lowest BCUT2D eigenvalue weighted by atomic mass is 10.1. The van der Waals surface area contributed by atoms with E-state index in [1.54, 1.807) is 36.8 Å². The highest BCUT2D eigenvalue weighted by Crippen LogP contribution is 2.19. The van der Waals surface area contributed by atoms with Gasteiger partial charge in [0, 0.05) is 22.5 Å². The van der Waals surface area contributed by atoms with Gasteiger partial charge in [0.05, 0.1) is 19.2 Å². The van der Waals surface area contributed by atoms with Crippen LogP contribution in [0.25, 0.3) is 0 Å². The first-order valence-corrected chi connectivity index (χ1v) is 10.2. The maximum absolute atomic E-state index is 12.2. The summed E-state index contributed by atoms with van der Waals surface area (Å²) in [6.45, 7) is 0.503. The fourth-order valence-corrected chi connectivity index (χ4v) is 3.52. The van der Waals surface area contributed by atoms with Crippen LogP contribution in [0.4, 0.5) is 5.13 Å². The highest BCUT2D eigenvalue weighted by atomic mass is 35.5. The van der Waals surface area contributed by atoms with Crippen LogP contribution >= 0.6 is 22.9 Å². The number of aromatic nitrogens is 1. The monoisotopic (exact) mass is 429 g/mol. The minimum Gasteiger partial charge on any atom is -0.496 e. The number of ether oxygens (including phenoxy) is 1. The number of benzene rings is 2. The third kappa shape index (κ3) is 6.04. The number of hydrogen-bond acceptors (Lipinski definition) is 5. The van der Waals surface area contributed by atoms with Gasteiger partial charge in [-0.2, -0.15) is 0 Å². The molecule has 2 N–H and O–H groups in total. The van der Waals surface area contributed by atoms with Crippen LogP contribution < -0.4 is 15.4 Å². The number of halogens is 1. The van der Waals surface area contributed by atoms with Gasteiger partial charge in [-0.15, -0.1) is 11.3 Å². The summed E-state index contributed by atoms with van der Waals surface area (Å²) in [4.78, 5) is 28.7. The molecule has 0 spiro atoms. The third-order valence-corrected chi connectivity index (χ3v) is 5.19. The molecule has 0 aliphatic carbocycles. The van der Waals surface area contributed by atoms with E-state index >= 15 is 0 Å². The van der Waals surface area contributed by atoms with Gasteiger partial charge in [0.15, 0.2) is 5.13 Å². The minimum absolute atomic E-state index is 0.124. The first-order chi connectivity index (χ1) is 14.0. The number of anilines is 1. The number of rotatable bonds is 8. The normalized spacial score (nSPS) is 10.4. The number of carbonyl (C=O) groups excluding carboxylic acids is 2. The van der Waals surface area contributed by atoms with Crippen LogP contribution in [0.15, 0.2) is 53.9 Å². The lowest BCUT2D eigenvalue weighted by molar-refractivity contribution is -0.120. The van der Waals surface area contributed by atoms with Gasteiger partial charge in [0.2, 0.25) is 5.91 Å². The van der Waals surface area contributed by atoms with Gasteiger partial charge in [-0.3, -0.25) is 14.9 Å². The molecule has 29 heavy (non-hydrogen) atoms. The zero-order valence-corrected chi connectivity index (χ0v) is 17.3. The third-order valence-electron chi connectivity index (χ3n) is 4.13. The Balaban J connectivity index is 1.47. The second kappa shape index (κ2) is 10.0. The Morgan fingerprint density at radius 1 is 1.14 bits per heavy atom. The number of nitrogens with one attached hydrogen (secondary N) is 2. The summed E-state index contributed by atoms with van der Waals surface area (Å²) in [5, 5.41) is 8.38. The summed E-state index contributed by atoms with van der Waals surface area (Å²) < 4.78 is 5.31. The van der Waals surface area contributed by atoms with E-state index in [-0.39, 0.29) is 18.2 Å². The minimum atomic E-state index is -0.274. The summed E-state index contributed by atoms with van der Waals surface area (Å²) in [5.41, 5.74) is 2.13. The number of methoxy groups -OCH3 is 1. The number of carbonyl (C=O) groups is 2. The molecule has 0 saturated heterocycles. The van der Waals surface area contributed by atoms with E-state index in [9.17, 15) is 9.59 Å². The van der Waals surface area contributed by atoms with Gasteiger partial charge in [-0.05, 0) is 42.3 Å². The molecule has 0 aliphatic rings. The largest absolute Gasteiger partial charge is 0.496 e. The highest BCUT2D eigenvalue weighted by molar-refractivity contribution is 7.14. The molecule has 6 nitrogen and oxygen atoms in total. The molecule has 2 aromatic carbocycles. The number of thiazole rings is 1. The number of nitrogens with zero attached hydrogens (tertiary/aromatic N) is 1. The summed E-state index contributed by atoms with van der Waals surface area (Å²) >= 11 is 7.11. The average molecular weight is 430 g/mol. The van der Waals surface area contributed by atoms with Crippen molar-refractivity contribution in [3.8, 4) is 5.75 Å². The van der Waals surface area contributed by atoms with Crippen molar-refractivity contribution in [1.82, 2.24) is 10.3 Å². The van der Waals surface area contributed by atoms with E-state index < -0.39 is 0 Å². The van der Waals surface area contributed by atoms with Crippen molar-refractivity contribution < 1.29 is 14.3 Å². The average Bonchev–Trinajstić information content (AvgIpc) is 3.15. The number of hydrogen-bond donors (Lipinski definition) is 2. The van der Waals surface area contributed by atoms with Crippen LogP contribution in [0.2, 0.25) is 5.02 Å². The molecule has 8 heteroatoms. The van der Waals surface area contributed by atoms with E-state index in [2.05, 4.69) is 15.6 Å². The predicted octanol–water partition coefficient (Wildman–Crippen LogP) is 3.96. The van der Waals surface area contributed by atoms with Gasteiger partial charge in [-0.25, -0.2) is 4.98 Å². The van der Waals surface area contributed by atoms with Crippen LogP contribution in [-0.4, -0.2) is 30.5 Å². The molecule has 0 saturated carbocycles. The van der Waals surface area contributed by atoms with E-state index in [1.165, 1.54) is 11.3 Å². The molecule has 0 unspecified atom stereocenters. The van der Waals surface area contributed by atoms with E-state index in [0.29, 0.717) is 34.4 Å². The molecular formula is C21H20ClN3O3S. The van der Waals surface area contributed by atoms with Crippen LogP contribution in [0.3, 0.4) is 0 Å². The van der Waals surface area contributed by atoms with Crippen molar-refractivity contribution in [2.24, 2.45) is 0 Å². The Morgan fingerprint density at radius 2 is 1.90 bits per heavy atom. The van der Waals surface area contributed by atoms with E-state index in [0.717, 1.165) is 11.3 Å². The Kier molecular flexibility index (Phi) is 7.21. The molecule has 0 bridgehead atoms. The summed E-state index contributed by atoms with van der Waals surface area (Å²) in [7, 11) is 1.63. The van der Waals surface area contributed by atoms with E-state index in [4.69, 9.17) is 16.3 Å². The van der Waals surface area contributed by atoms with Crippen LogP contribution in [-0.2, 0) is 17.6 Å². The molecule has 0 radical (unpaired) electrons. The van der Waals surface area contributed by atoms with Gasteiger partial charge >= 0.3 is 0 Å². The quantitative estimate of drug-likeness (QED) is 0.568. The fraction of sp³-hybridized carbons (Fsp3) is 0.190. The molecule has 0 aliphatic heterocycles. The van der Waals surface area contributed by atoms with Crippen LogP contribution in [0.5, 0.6) is 5.75 Å². The first-order valence-electron chi connectivity index (χ1n) is 8.95. The van der Waals surface area contributed by atoms with Crippen molar-refractivity contribution in [2.45, 2.75) is 12.8 Å². The molecule has 3 aromatic rings. The SMILES string of the molecule is COc1ccccc1CCNC(=O)Cc1csc(NC(=O)c2ccc(Cl)cc2)n1. The van der Waals surface area contributed by atoms with Crippen molar-refractivity contribution in [2.75, 3.05) is 19.0 Å². The zero-order valence-electron chi connectivity index (χ0n) is 15.8. The number of amides is 2. The van der Waals surface area contributed by atoms with E-state index in [1.807, 2.05) is 24.3 Å². The first kappa shape index (κ1) is 20.8. The van der Waals surface area contributed by atoms with Crippen molar-refractivity contribution >= 4 is 39.9 Å². The van der Waals surface area contributed by atoms with Crippen LogP contribution in [0.1, 0.15) is 21.6 Å². The maximum Gasteiger partial charge on any atom is 0.257 e. The Bertz CT molecular complexity index is 989. The Hall–Kier alpha value is -2.90. The van der Waals surface area contributed by atoms with Crippen LogP contribution in [0, 0.1) is 0 Å². The topological polar surface area (TPSA) is 80.3 Å². The Morgan fingerprint density at radius 3 is 2.66 bits per heavy atom. The second-order valence-electron chi connectivity index (χ2n) is 6.19. The predicted molar refractivity (Wildman–Crippen MR) is 115 cm³/mol. The lowest BCUT2D eigenvalue weighted by Crippen LogP contribution is -2.27. The molecule has 3 rings (SSSR count). The zero-order chi connectivity index (χ0) is 20.6. The fourth-order valence-electron chi connectivity index (χ4n) is 2.69. The highest BCUT2D eigenvalue weighted by Gasteiger charge is 2.11. The second-order valence-corrected chi connectivity index (χ2v) is 7.49. The van der Waals surface area contributed by atoms with Gasteiger partial charge < -0.3 is 10.1 Å². The standard InChI is InChI=1S/C21H20ClN3O3S/c1-28-18-5-3-2-4-14(18)10-11-23-19(26)12-17-13-29-21(24-17)25-20(27)15-6-8-16(22)9-7-15/h2-9,13H,10-12H2,1H3,(H,23,26)(H,24,25,27). The van der Waals surface area contributed by atoms with Crippen molar-refractivity contribution in [3.05, 3.63) is 75.8 Å². The van der Waals surface area contributed by atoms with Crippen molar-refractivity contribution in [3.63, 3.8) is 0 Å². The Labute approximate surface area is 177 Å². The molecule has 0 fully saturated rings. The molecule has 1 heterocycles. The molecule has 0 atom stereocenters. The summed E-state index contributed by atoms with van der Waals surface area (Å²) in [5.74, 6) is 0.409.